The van der Waals surface area contributed by atoms with Crippen LogP contribution in [0.2, 0.25) is 0 Å². The minimum absolute atomic E-state index is 0.00919. The van der Waals surface area contributed by atoms with Crippen LogP contribution < -0.4 is 10.6 Å². The molecule has 0 saturated carbocycles. The summed E-state index contributed by atoms with van der Waals surface area (Å²) in [5.74, 6) is 0. The molecular formula is C14H24N4. The number of likely N-dealkylation sites (N-methyl/N-ethyl adjacent to an activating group) is 1. The van der Waals surface area contributed by atoms with Crippen molar-refractivity contribution in [3.63, 3.8) is 0 Å². The molecule has 0 radical (unpaired) electrons. The molecule has 1 aliphatic heterocycles. The number of aromatic nitrogens is 1. The lowest BCUT2D eigenvalue weighted by Crippen LogP contribution is -2.45. The molecule has 2 rings (SSSR count). The van der Waals surface area contributed by atoms with E-state index in [1.165, 1.54) is 18.5 Å². The smallest absolute Gasteiger partial charge is 0.0569 e. The van der Waals surface area contributed by atoms with E-state index in [1.54, 1.807) is 0 Å². The van der Waals surface area contributed by atoms with Gasteiger partial charge in [-0.25, -0.2) is 0 Å². The number of anilines is 1. The van der Waals surface area contributed by atoms with E-state index in [4.69, 9.17) is 5.73 Å². The Labute approximate surface area is 110 Å². The average molecular weight is 248 g/mol. The highest BCUT2D eigenvalue weighted by atomic mass is 15.2. The minimum Gasteiger partial charge on any atom is -0.369 e. The lowest BCUT2D eigenvalue weighted by atomic mass is 10.0. The molecule has 1 saturated heterocycles. The standard InChI is InChI=1S/C14H24N4/c1-11(15)14-7-6-12(9-16-14)18-8-4-5-13(10-18)17(2)3/h6-7,9,11,13H,4-5,8,10,15H2,1-3H3/t11-,13?/m0/s1. The highest BCUT2D eigenvalue weighted by Gasteiger charge is 2.21. The van der Waals surface area contributed by atoms with E-state index in [1.807, 2.05) is 19.2 Å². The number of hydrogen-bond acceptors (Lipinski definition) is 4. The Hall–Kier alpha value is -1.13. The highest BCUT2D eigenvalue weighted by Crippen LogP contribution is 2.21. The van der Waals surface area contributed by atoms with Gasteiger partial charge in [0.05, 0.1) is 17.6 Å². The molecular weight excluding hydrogens is 224 g/mol. The van der Waals surface area contributed by atoms with Crippen molar-refractivity contribution in [3.8, 4) is 0 Å². The van der Waals surface area contributed by atoms with Gasteiger partial charge in [0, 0.05) is 25.2 Å². The maximum absolute atomic E-state index is 5.82. The van der Waals surface area contributed by atoms with Crippen LogP contribution in [-0.4, -0.2) is 43.1 Å². The van der Waals surface area contributed by atoms with Crippen molar-refractivity contribution >= 4 is 5.69 Å². The molecule has 1 aliphatic rings. The fraction of sp³-hybridized carbons (Fsp3) is 0.643. The van der Waals surface area contributed by atoms with Crippen LogP contribution in [0.5, 0.6) is 0 Å². The largest absolute Gasteiger partial charge is 0.369 e. The number of nitrogens with two attached hydrogens (primary N) is 1. The van der Waals surface area contributed by atoms with E-state index in [0.717, 1.165) is 18.8 Å². The van der Waals surface area contributed by atoms with Crippen molar-refractivity contribution in [2.24, 2.45) is 5.73 Å². The van der Waals surface area contributed by atoms with E-state index in [9.17, 15) is 0 Å². The van der Waals surface area contributed by atoms with Crippen molar-refractivity contribution in [2.45, 2.75) is 31.8 Å². The first kappa shape index (κ1) is 13.3. The summed E-state index contributed by atoms with van der Waals surface area (Å²) in [5, 5.41) is 0. The Morgan fingerprint density at radius 3 is 2.78 bits per heavy atom. The van der Waals surface area contributed by atoms with Crippen molar-refractivity contribution in [2.75, 3.05) is 32.1 Å². The lowest BCUT2D eigenvalue weighted by molar-refractivity contribution is 0.258. The van der Waals surface area contributed by atoms with Gasteiger partial charge < -0.3 is 15.5 Å². The molecule has 0 aliphatic carbocycles. The summed E-state index contributed by atoms with van der Waals surface area (Å²) in [6, 6.07) is 4.84. The third-order valence-electron chi connectivity index (χ3n) is 3.73. The predicted molar refractivity (Wildman–Crippen MR) is 75.8 cm³/mol. The van der Waals surface area contributed by atoms with Crippen LogP contribution in [0.15, 0.2) is 18.3 Å². The van der Waals surface area contributed by atoms with Gasteiger partial charge >= 0.3 is 0 Å². The molecule has 0 spiro atoms. The molecule has 2 heterocycles. The van der Waals surface area contributed by atoms with Crippen molar-refractivity contribution in [3.05, 3.63) is 24.0 Å². The van der Waals surface area contributed by atoms with Gasteiger partial charge in [0.25, 0.3) is 0 Å². The van der Waals surface area contributed by atoms with Crippen molar-refractivity contribution in [1.82, 2.24) is 9.88 Å². The van der Waals surface area contributed by atoms with Gasteiger partial charge in [-0.2, -0.15) is 0 Å². The molecule has 4 nitrogen and oxygen atoms in total. The van der Waals surface area contributed by atoms with E-state index in [-0.39, 0.29) is 6.04 Å². The van der Waals surface area contributed by atoms with Gasteiger partial charge in [0.15, 0.2) is 0 Å². The van der Waals surface area contributed by atoms with Gasteiger partial charge in [0.1, 0.15) is 0 Å². The third kappa shape index (κ3) is 3.00. The topological polar surface area (TPSA) is 45.4 Å². The number of rotatable bonds is 3. The Morgan fingerprint density at radius 2 is 2.22 bits per heavy atom. The summed E-state index contributed by atoms with van der Waals surface area (Å²) >= 11 is 0. The second kappa shape index (κ2) is 5.67. The molecule has 4 heteroatoms. The Bertz CT molecular complexity index is 372. The summed E-state index contributed by atoms with van der Waals surface area (Å²) < 4.78 is 0. The first-order valence-electron chi connectivity index (χ1n) is 6.71. The summed E-state index contributed by atoms with van der Waals surface area (Å²) in [6.07, 6.45) is 4.49. The van der Waals surface area contributed by atoms with E-state index in [2.05, 4.69) is 34.9 Å². The van der Waals surface area contributed by atoms with Crippen LogP contribution in [0.25, 0.3) is 0 Å². The Kier molecular flexibility index (Phi) is 4.19. The number of hydrogen-bond donors (Lipinski definition) is 1. The normalized spacial score (nSPS) is 22.3. The van der Waals surface area contributed by atoms with E-state index < -0.39 is 0 Å². The van der Waals surface area contributed by atoms with Crippen LogP contribution >= 0.6 is 0 Å². The Morgan fingerprint density at radius 1 is 1.44 bits per heavy atom. The van der Waals surface area contributed by atoms with Crippen LogP contribution in [0.1, 0.15) is 31.5 Å². The molecule has 0 bridgehead atoms. The first-order valence-corrected chi connectivity index (χ1v) is 6.71. The molecule has 18 heavy (non-hydrogen) atoms. The lowest BCUT2D eigenvalue weighted by Gasteiger charge is -2.37. The van der Waals surface area contributed by atoms with Crippen molar-refractivity contribution in [1.29, 1.82) is 0 Å². The minimum atomic E-state index is 0.00919. The van der Waals surface area contributed by atoms with Crippen LogP contribution in [0.4, 0.5) is 5.69 Å². The zero-order valence-electron chi connectivity index (χ0n) is 11.6. The second-order valence-electron chi connectivity index (χ2n) is 5.44. The average Bonchev–Trinajstić information content (AvgIpc) is 2.39. The van der Waals surface area contributed by atoms with Gasteiger partial charge in [-0.15, -0.1) is 0 Å². The van der Waals surface area contributed by atoms with E-state index >= 15 is 0 Å². The maximum Gasteiger partial charge on any atom is 0.0569 e. The van der Waals surface area contributed by atoms with E-state index in [0.29, 0.717) is 6.04 Å². The zero-order chi connectivity index (χ0) is 13.1. The third-order valence-corrected chi connectivity index (χ3v) is 3.73. The van der Waals surface area contributed by atoms with Crippen molar-refractivity contribution < 1.29 is 0 Å². The van der Waals surface area contributed by atoms with Gasteiger partial charge in [0.2, 0.25) is 0 Å². The first-order chi connectivity index (χ1) is 8.58. The number of nitrogens with zero attached hydrogens (tertiary/aromatic N) is 3. The molecule has 2 atom stereocenters. The van der Waals surface area contributed by atoms with Gasteiger partial charge in [-0.1, -0.05) is 0 Å². The summed E-state index contributed by atoms with van der Waals surface area (Å²) in [7, 11) is 4.32. The maximum atomic E-state index is 5.82. The second-order valence-corrected chi connectivity index (χ2v) is 5.44. The molecule has 100 valence electrons. The fourth-order valence-electron chi connectivity index (χ4n) is 2.46. The van der Waals surface area contributed by atoms with Crippen LogP contribution in [0, 0.1) is 0 Å². The molecule has 1 unspecified atom stereocenters. The molecule has 1 fully saturated rings. The summed E-state index contributed by atoms with van der Waals surface area (Å²) in [5.41, 5.74) is 7.99. The number of pyridine rings is 1. The quantitative estimate of drug-likeness (QED) is 0.883. The Balaban J connectivity index is 2.06. The van der Waals surface area contributed by atoms with Gasteiger partial charge in [-0.3, -0.25) is 4.98 Å². The van der Waals surface area contributed by atoms with Crippen LogP contribution in [-0.2, 0) is 0 Å². The SMILES string of the molecule is C[C@H](N)c1ccc(N2CCCC(N(C)C)C2)cn1. The fourth-order valence-corrected chi connectivity index (χ4v) is 2.46. The molecule has 1 aromatic heterocycles. The number of piperidine rings is 1. The van der Waals surface area contributed by atoms with Crippen LogP contribution in [0.3, 0.4) is 0 Å². The molecule has 0 aromatic carbocycles. The van der Waals surface area contributed by atoms with Gasteiger partial charge in [-0.05, 0) is 46.0 Å². The monoisotopic (exact) mass is 248 g/mol. The molecule has 0 amide bonds. The molecule has 2 N–H and O–H groups in total. The predicted octanol–water partition coefficient (Wildman–Crippen LogP) is 1.63. The highest BCUT2D eigenvalue weighted by molar-refractivity contribution is 5.45. The summed E-state index contributed by atoms with van der Waals surface area (Å²) in [6.45, 7) is 4.18. The summed E-state index contributed by atoms with van der Waals surface area (Å²) in [4.78, 5) is 9.18. The molecule has 1 aromatic rings. The zero-order valence-corrected chi connectivity index (χ0v) is 11.6.